The molecule has 0 spiro atoms. The first kappa shape index (κ1) is 14.9. The number of amides is 2. The van der Waals surface area contributed by atoms with Crippen LogP contribution < -0.4 is 15.5 Å². The molecular weight excluding hydrogens is 290 g/mol. The number of anilines is 3. The molecule has 0 saturated carbocycles. The molecule has 0 fully saturated rings. The third-order valence-electron chi connectivity index (χ3n) is 3.60. The second-order valence-corrected chi connectivity index (χ2v) is 5.55. The number of aryl methyl sites for hydroxylation is 1. The zero-order valence-electron chi connectivity index (χ0n) is 13.4. The number of aromatic nitrogens is 2. The smallest absolute Gasteiger partial charge is 0.323 e. The average Bonchev–Trinajstić information content (AvgIpc) is 2.88. The number of benzene rings is 1. The lowest BCUT2D eigenvalue weighted by molar-refractivity contribution is 0.262. The van der Waals surface area contributed by atoms with Gasteiger partial charge in [-0.1, -0.05) is 0 Å². The normalized spacial score (nSPS) is 10.6. The second kappa shape index (κ2) is 6.00. The van der Waals surface area contributed by atoms with E-state index in [1.165, 1.54) is 0 Å². The maximum absolute atomic E-state index is 12.2. The summed E-state index contributed by atoms with van der Waals surface area (Å²) in [4.78, 5) is 18.3. The van der Waals surface area contributed by atoms with E-state index in [1.807, 2.05) is 67.1 Å². The van der Waals surface area contributed by atoms with Crippen LogP contribution in [-0.2, 0) is 7.05 Å². The summed E-state index contributed by atoms with van der Waals surface area (Å²) in [5.41, 5.74) is 2.53. The van der Waals surface area contributed by atoms with Gasteiger partial charge in [0.25, 0.3) is 0 Å². The molecule has 0 saturated heterocycles. The number of carbonyl (C=O) groups excluding carboxylic acids is 1. The molecule has 2 heterocycles. The summed E-state index contributed by atoms with van der Waals surface area (Å²) in [5, 5.41) is 6.77. The van der Waals surface area contributed by atoms with E-state index in [0.29, 0.717) is 11.5 Å². The summed E-state index contributed by atoms with van der Waals surface area (Å²) in [6.07, 6.45) is 3.69. The van der Waals surface area contributed by atoms with Gasteiger partial charge in [-0.05, 0) is 36.4 Å². The Labute approximate surface area is 134 Å². The Balaban J connectivity index is 1.76. The van der Waals surface area contributed by atoms with E-state index in [4.69, 9.17) is 0 Å². The van der Waals surface area contributed by atoms with Crippen molar-refractivity contribution in [1.82, 2.24) is 9.55 Å². The van der Waals surface area contributed by atoms with E-state index < -0.39 is 0 Å². The van der Waals surface area contributed by atoms with Gasteiger partial charge in [-0.3, -0.25) is 0 Å². The fourth-order valence-corrected chi connectivity index (χ4v) is 2.49. The van der Waals surface area contributed by atoms with Crippen molar-refractivity contribution in [1.29, 1.82) is 0 Å². The van der Waals surface area contributed by atoms with E-state index in [2.05, 4.69) is 15.6 Å². The van der Waals surface area contributed by atoms with Crippen LogP contribution in [-0.4, -0.2) is 29.7 Å². The number of carbonyl (C=O) groups is 1. The van der Waals surface area contributed by atoms with Crippen molar-refractivity contribution in [2.45, 2.75) is 0 Å². The molecule has 118 valence electrons. The van der Waals surface area contributed by atoms with Crippen LogP contribution >= 0.6 is 0 Å². The molecule has 0 unspecified atom stereocenters. The number of fused-ring (bicyclic) bond motifs is 1. The zero-order chi connectivity index (χ0) is 16.4. The van der Waals surface area contributed by atoms with Gasteiger partial charge in [0.05, 0.1) is 5.69 Å². The van der Waals surface area contributed by atoms with Crippen molar-refractivity contribution >= 4 is 34.1 Å². The largest absolute Gasteiger partial charge is 0.361 e. The summed E-state index contributed by atoms with van der Waals surface area (Å²) in [6.45, 7) is 0. The molecule has 0 aliphatic rings. The topological polar surface area (TPSA) is 62.2 Å². The molecule has 23 heavy (non-hydrogen) atoms. The maximum Gasteiger partial charge on any atom is 0.323 e. The lowest BCUT2D eigenvalue weighted by atomic mass is 10.2. The highest BCUT2D eigenvalue weighted by molar-refractivity contribution is 6.02. The summed E-state index contributed by atoms with van der Waals surface area (Å²) in [7, 11) is 5.76. The highest BCUT2D eigenvalue weighted by Crippen LogP contribution is 2.22. The quantitative estimate of drug-likeness (QED) is 0.780. The predicted molar refractivity (Wildman–Crippen MR) is 94.1 cm³/mol. The first-order valence-corrected chi connectivity index (χ1v) is 7.30. The highest BCUT2D eigenvalue weighted by Gasteiger charge is 2.09. The van der Waals surface area contributed by atoms with Crippen LogP contribution in [0, 0.1) is 0 Å². The van der Waals surface area contributed by atoms with Gasteiger partial charge in [-0.15, -0.1) is 0 Å². The van der Waals surface area contributed by atoms with Crippen LogP contribution in [0.5, 0.6) is 0 Å². The summed E-state index contributed by atoms with van der Waals surface area (Å²) in [5.74, 6) is 0.709. The SMILES string of the molecule is CN(C)c1ncccc1NC(=O)Nc1ccc2c(ccn2C)c1. The molecule has 0 atom stereocenters. The Morgan fingerprint density at radius 2 is 2.00 bits per heavy atom. The van der Waals surface area contributed by atoms with Crippen LogP contribution in [0.1, 0.15) is 0 Å². The first-order chi connectivity index (χ1) is 11.0. The van der Waals surface area contributed by atoms with Gasteiger partial charge in [-0.2, -0.15) is 0 Å². The Morgan fingerprint density at radius 1 is 1.17 bits per heavy atom. The minimum absolute atomic E-state index is 0.295. The van der Waals surface area contributed by atoms with E-state index in [1.54, 1.807) is 12.3 Å². The van der Waals surface area contributed by atoms with Crippen LogP contribution in [0.25, 0.3) is 10.9 Å². The van der Waals surface area contributed by atoms with Gasteiger partial charge in [0.1, 0.15) is 0 Å². The van der Waals surface area contributed by atoms with E-state index in [9.17, 15) is 4.79 Å². The Hall–Kier alpha value is -3.02. The van der Waals surface area contributed by atoms with E-state index in [-0.39, 0.29) is 6.03 Å². The van der Waals surface area contributed by atoms with Crippen molar-refractivity contribution < 1.29 is 4.79 Å². The number of hydrogen-bond acceptors (Lipinski definition) is 3. The number of pyridine rings is 1. The lowest BCUT2D eigenvalue weighted by Gasteiger charge is -2.16. The molecule has 1 aromatic carbocycles. The third kappa shape index (κ3) is 3.11. The van der Waals surface area contributed by atoms with Gasteiger partial charge in [-0.25, -0.2) is 9.78 Å². The molecule has 2 N–H and O–H groups in total. The number of rotatable bonds is 3. The highest BCUT2D eigenvalue weighted by atomic mass is 16.2. The van der Waals surface area contributed by atoms with Crippen molar-refractivity contribution in [2.24, 2.45) is 7.05 Å². The fourth-order valence-electron chi connectivity index (χ4n) is 2.49. The maximum atomic E-state index is 12.2. The molecule has 0 radical (unpaired) electrons. The second-order valence-electron chi connectivity index (χ2n) is 5.55. The minimum atomic E-state index is -0.295. The molecule has 3 rings (SSSR count). The fraction of sp³-hybridized carbons (Fsp3) is 0.176. The zero-order valence-corrected chi connectivity index (χ0v) is 13.4. The Kier molecular flexibility index (Phi) is 3.89. The van der Waals surface area contributed by atoms with Crippen LogP contribution in [0.15, 0.2) is 48.8 Å². The summed E-state index contributed by atoms with van der Waals surface area (Å²) < 4.78 is 2.04. The number of hydrogen-bond donors (Lipinski definition) is 2. The van der Waals surface area contributed by atoms with Gasteiger partial charge in [0.15, 0.2) is 5.82 Å². The number of nitrogens with zero attached hydrogens (tertiary/aromatic N) is 3. The van der Waals surface area contributed by atoms with Gasteiger partial charge < -0.3 is 20.1 Å². The molecule has 6 nitrogen and oxygen atoms in total. The molecule has 0 bridgehead atoms. The molecule has 6 heteroatoms. The molecule has 3 aromatic rings. The monoisotopic (exact) mass is 309 g/mol. The number of urea groups is 1. The molecular formula is C17H19N5O. The predicted octanol–water partition coefficient (Wildman–Crippen LogP) is 3.28. The first-order valence-electron chi connectivity index (χ1n) is 7.30. The van der Waals surface area contributed by atoms with Crippen molar-refractivity contribution in [2.75, 3.05) is 29.6 Å². The van der Waals surface area contributed by atoms with Crippen LogP contribution in [0.3, 0.4) is 0 Å². The van der Waals surface area contributed by atoms with Crippen LogP contribution in [0.2, 0.25) is 0 Å². The molecule has 0 aliphatic heterocycles. The standard InChI is InChI=1S/C17H19N5O/c1-21(2)16-14(5-4-9-18-16)20-17(23)19-13-6-7-15-12(11-13)8-10-22(15)3/h4-11H,1-3H3,(H2,19,20,23). The molecule has 0 aliphatic carbocycles. The van der Waals surface area contributed by atoms with Gasteiger partial charge >= 0.3 is 6.03 Å². The molecule has 2 amide bonds. The van der Waals surface area contributed by atoms with Gasteiger partial charge in [0.2, 0.25) is 0 Å². The Bertz CT molecular complexity index is 853. The third-order valence-corrected chi connectivity index (χ3v) is 3.60. The average molecular weight is 309 g/mol. The van der Waals surface area contributed by atoms with Crippen LogP contribution in [0.4, 0.5) is 22.0 Å². The summed E-state index contributed by atoms with van der Waals surface area (Å²) >= 11 is 0. The van der Waals surface area contributed by atoms with Crippen molar-refractivity contribution in [3.8, 4) is 0 Å². The van der Waals surface area contributed by atoms with E-state index in [0.717, 1.165) is 16.6 Å². The van der Waals surface area contributed by atoms with E-state index >= 15 is 0 Å². The summed E-state index contributed by atoms with van der Waals surface area (Å²) in [6, 6.07) is 11.2. The Morgan fingerprint density at radius 3 is 2.78 bits per heavy atom. The van der Waals surface area contributed by atoms with Gasteiger partial charge in [0, 0.05) is 50.1 Å². The van der Waals surface area contributed by atoms with Crippen molar-refractivity contribution in [3.05, 3.63) is 48.8 Å². The minimum Gasteiger partial charge on any atom is -0.361 e. The molecule has 2 aromatic heterocycles. The number of nitrogens with one attached hydrogen (secondary N) is 2. The van der Waals surface area contributed by atoms with Crippen molar-refractivity contribution in [3.63, 3.8) is 0 Å². The lowest BCUT2D eigenvalue weighted by Crippen LogP contribution is -2.22.